The summed E-state index contributed by atoms with van der Waals surface area (Å²) in [7, 11) is -3.57. The molecule has 1 fully saturated rings. The van der Waals surface area contributed by atoms with Crippen molar-refractivity contribution in [1.29, 1.82) is 0 Å². The Bertz CT molecular complexity index is 611. The van der Waals surface area contributed by atoms with E-state index in [-0.39, 0.29) is 11.5 Å². The second kappa shape index (κ2) is 7.54. The maximum absolute atomic E-state index is 12.2. The molecule has 114 valence electrons. The van der Waals surface area contributed by atoms with Crippen LogP contribution >= 0.6 is 0 Å². The molecule has 1 aliphatic heterocycles. The van der Waals surface area contributed by atoms with E-state index in [1.165, 1.54) is 12.1 Å². The lowest BCUT2D eigenvalue weighted by atomic mass is 10.2. The Morgan fingerprint density at radius 2 is 1.90 bits per heavy atom. The molecule has 1 saturated heterocycles. The summed E-state index contributed by atoms with van der Waals surface area (Å²) >= 11 is 0. The first-order valence-corrected chi connectivity index (χ1v) is 8.15. The predicted molar refractivity (Wildman–Crippen MR) is 77.7 cm³/mol. The van der Waals surface area contributed by atoms with Crippen LogP contribution in [0.15, 0.2) is 29.2 Å². The average molecular weight is 310 g/mol. The van der Waals surface area contributed by atoms with Crippen LogP contribution in [0.1, 0.15) is 12.0 Å². The lowest BCUT2D eigenvalue weighted by Crippen LogP contribution is -2.48. The van der Waals surface area contributed by atoms with Crippen LogP contribution in [0.3, 0.4) is 0 Å². The van der Waals surface area contributed by atoms with E-state index in [2.05, 4.69) is 16.7 Å². The Hall–Kier alpha value is -1.43. The van der Waals surface area contributed by atoms with Crippen LogP contribution in [0.2, 0.25) is 0 Å². The van der Waals surface area contributed by atoms with Crippen LogP contribution in [0.25, 0.3) is 0 Å². The molecule has 0 bridgehead atoms. The smallest absolute Gasteiger partial charge is 0.253 e. The Labute approximate surface area is 124 Å². The van der Waals surface area contributed by atoms with Gasteiger partial charge in [-0.15, -0.1) is 4.83 Å². The molecule has 2 N–H and O–H groups in total. The molecule has 0 amide bonds. The lowest BCUT2D eigenvalue weighted by Gasteiger charge is -2.26. The highest BCUT2D eigenvalue weighted by atomic mass is 32.2. The largest absolute Gasteiger partial charge is 0.395 e. The third-order valence-electron chi connectivity index (χ3n) is 2.89. The number of benzene rings is 1. The summed E-state index contributed by atoms with van der Waals surface area (Å²) < 4.78 is 29.6. The van der Waals surface area contributed by atoms with Crippen molar-refractivity contribution in [2.75, 3.05) is 32.9 Å². The van der Waals surface area contributed by atoms with E-state index >= 15 is 0 Å². The molecule has 0 spiro atoms. The Kier molecular flexibility index (Phi) is 5.73. The minimum atomic E-state index is -3.57. The van der Waals surface area contributed by atoms with Gasteiger partial charge in [0.05, 0.1) is 24.7 Å². The number of ether oxygens (including phenoxy) is 1. The number of morpholine rings is 1. The molecule has 1 aromatic carbocycles. The zero-order valence-corrected chi connectivity index (χ0v) is 12.4. The number of hydrogen-bond acceptors (Lipinski definition) is 5. The highest BCUT2D eigenvalue weighted by molar-refractivity contribution is 7.89. The van der Waals surface area contributed by atoms with Crippen LogP contribution < -0.4 is 4.83 Å². The van der Waals surface area contributed by atoms with Crippen molar-refractivity contribution in [3.8, 4) is 11.8 Å². The van der Waals surface area contributed by atoms with Gasteiger partial charge in [0.1, 0.15) is 0 Å². The van der Waals surface area contributed by atoms with Crippen LogP contribution in [0.5, 0.6) is 0 Å². The highest BCUT2D eigenvalue weighted by Gasteiger charge is 2.19. The van der Waals surface area contributed by atoms with E-state index in [9.17, 15) is 8.42 Å². The van der Waals surface area contributed by atoms with Gasteiger partial charge in [-0.05, 0) is 24.3 Å². The first-order chi connectivity index (χ1) is 10.1. The van der Waals surface area contributed by atoms with Gasteiger partial charge in [0.2, 0.25) is 0 Å². The molecular formula is C14H18N2O4S. The van der Waals surface area contributed by atoms with Gasteiger partial charge in [-0.25, -0.2) is 13.4 Å². The molecular weight excluding hydrogens is 292 g/mol. The second-order valence-corrected chi connectivity index (χ2v) is 6.15. The number of rotatable bonds is 4. The normalized spacial score (nSPS) is 16.2. The van der Waals surface area contributed by atoms with E-state index in [1.807, 2.05) is 0 Å². The summed E-state index contributed by atoms with van der Waals surface area (Å²) in [5.41, 5.74) is 0.716. The van der Waals surface area contributed by atoms with Crippen molar-refractivity contribution in [1.82, 2.24) is 9.84 Å². The number of nitrogens with one attached hydrogen (secondary N) is 1. The van der Waals surface area contributed by atoms with Crippen LogP contribution in [0, 0.1) is 11.8 Å². The maximum atomic E-state index is 12.2. The van der Waals surface area contributed by atoms with Gasteiger partial charge >= 0.3 is 0 Å². The van der Waals surface area contributed by atoms with Crippen LogP contribution in [-0.4, -0.2) is 51.4 Å². The number of nitrogens with zero attached hydrogens (tertiary/aromatic N) is 1. The number of aliphatic hydroxyl groups is 1. The summed E-state index contributed by atoms with van der Waals surface area (Å²) in [4.78, 5) is 2.74. The molecule has 2 rings (SSSR count). The third kappa shape index (κ3) is 4.81. The summed E-state index contributed by atoms with van der Waals surface area (Å²) in [6.45, 7) is 2.11. The summed E-state index contributed by atoms with van der Waals surface area (Å²) in [5, 5.41) is 10.3. The van der Waals surface area contributed by atoms with Gasteiger partial charge in [-0.2, -0.15) is 0 Å². The number of aliphatic hydroxyl groups excluding tert-OH is 1. The fourth-order valence-electron chi connectivity index (χ4n) is 1.82. The van der Waals surface area contributed by atoms with Crippen molar-refractivity contribution < 1.29 is 18.3 Å². The Balaban J connectivity index is 2.04. The van der Waals surface area contributed by atoms with E-state index in [1.54, 1.807) is 17.1 Å². The van der Waals surface area contributed by atoms with Crippen molar-refractivity contribution in [3.05, 3.63) is 29.8 Å². The average Bonchev–Trinajstić information content (AvgIpc) is 2.49. The fourth-order valence-corrected chi connectivity index (χ4v) is 2.94. The third-order valence-corrected chi connectivity index (χ3v) is 4.29. The zero-order valence-electron chi connectivity index (χ0n) is 11.6. The molecule has 0 unspecified atom stereocenters. The first-order valence-electron chi connectivity index (χ1n) is 6.67. The van der Waals surface area contributed by atoms with Crippen molar-refractivity contribution in [2.45, 2.75) is 11.3 Å². The van der Waals surface area contributed by atoms with Gasteiger partial charge in [0.25, 0.3) is 10.0 Å². The highest BCUT2D eigenvalue weighted by Crippen LogP contribution is 2.11. The molecule has 1 aliphatic rings. The molecule has 6 nitrogen and oxygen atoms in total. The molecule has 1 aromatic rings. The van der Waals surface area contributed by atoms with Gasteiger partial charge in [-0.3, -0.25) is 0 Å². The van der Waals surface area contributed by atoms with E-state index in [0.717, 1.165) is 0 Å². The SMILES string of the molecule is O=S(=O)(NN1CCOCC1)c1ccc(C#CCCO)cc1. The van der Waals surface area contributed by atoms with E-state index in [4.69, 9.17) is 9.84 Å². The van der Waals surface area contributed by atoms with Gasteiger partial charge in [-0.1, -0.05) is 11.8 Å². The zero-order chi connectivity index (χ0) is 15.1. The molecule has 0 saturated carbocycles. The Morgan fingerprint density at radius 3 is 2.52 bits per heavy atom. The monoisotopic (exact) mass is 310 g/mol. The lowest BCUT2D eigenvalue weighted by molar-refractivity contribution is 0.0272. The fraction of sp³-hybridized carbons (Fsp3) is 0.429. The van der Waals surface area contributed by atoms with Gasteiger partial charge in [0.15, 0.2) is 0 Å². The van der Waals surface area contributed by atoms with Crippen molar-refractivity contribution in [3.63, 3.8) is 0 Å². The Morgan fingerprint density at radius 1 is 1.24 bits per heavy atom. The van der Waals surface area contributed by atoms with Crippen LogP contribution in [-0.2, 0) is 14.8 Å². The predicted octanol–water partition coefficient (Wildman–Crippen LogP) is -0.0540. The van der Waals surface area contributed by atoms with Crippen LogP contribution in [0.4, 0.5) is 0 Å². The van der Waals surface area contributed by atoms with E-state index in [0.29, 0.717) is 38.3 Å². The molecule has 7 heteroatoms. The first kappa shape index (κ1) is 15.9. The van der Waals surface area contributed by atoms with Crippen molar-refractivity contribution in [2.24, 2.45) is 0 Å². The second-order valence-electron chi connectivity index (χ2n) is 4.49. The quantitative estimate of drug-likeness (QED) is 0.762. The van der Waals surface area contributed by atoms with Crippen molar-refractivity contribution >= 4 is 10.0 Å². The topological polar surface area (TPSA) is 78.9 Å². The van der Waals surface area contributed by atoms with E-state index < -0.39 is 10.0 Å². The molecule has 0 radical (unpaired) electrons. The molecule has 1 heterocycles. The van der Waals surface area contributed by atoms with Gasteiger partial charge < -0.3 is 9.84 Å². The summed E-state index contributed by atoms with van der Waals surface area (Å²) in [6.07, 6.45) is 0.401. The minimum Gasteiger partial charge on any atom is -0.395 e. The van der Waals surface area contributed by atoms with Gasteiger partial charge in [0, 0.05) is 25.1 Å². The summed E-state index contributed by atoms with van der Waals surface area (Å²) in [6, 6.07) is 6.34. The molecule has 21 heavy (non-hydrogen) atoms. The number of hydrazine groups is 1. The molecule has 0 aromatic heterocycles. The minimum absolute atomic E-state index is 0.0168. The molecule has 0 aliphatic carbocycles. The standard InChI is InChI=1S/C14H18N2O4S/c17-10-2-1-3-13-4-6-14(7-5-13)21(18,19)15-16-8-11-20-12-9-16/h4-7,15,17H,2,8-12H2. The number of sulfonamides is 1. The maximum Gasteiger partial charge on any atom is 0.253 e. The number of hydrogen-bond donors (Lipinski definition) is 2. The summed E-state index contributed by atoms with van der Waals surface area (Å²) in [5.74, 6) is 5.64. The molecule has 0 atom stereocenters.